The van der Waals surface area contributed by atoms with E-state index in [1.807, 2.05) is 0 Å². The third kappa shape index (κ3) is 3.48. The summed E-state index contributed by atoms with van der Waals surface area (Å²) < 4.78 is 4.94. The lowest BCUT2D eigenvalue weighted by Gasteiger charge is -2.15. The van der Waals surface area contributed by atoms with Gasteiger partial charge >= 0.3 is 5.97 Å². The molecular formula is C15H14Cl2N2O4. The number of aliphatic carboxylic acids is 1. The van der Waals surface area contributed by atoms with Gasteiger partial charge < -0.3 is 14.5 Å². The third-order valence-corrected chi connectivity index (χ3v) is 3.99. The predicted molar refractivity (Wildman–Crippen MR) is 85.8 cm³/mol. The molecule has 1 unspecified atom stereocenters. The molecule has 0 spiro atoms. The summed E-state index contributed by atoms with van der Waals surface area (Å²) >= 11 is 5.85. The van der Waals surface area contributed by atoms with E-state index in [0.717, 1.165) is 5.56 Å². The zero-order chi connectivity index (χ0) is 15.7. The number of halogens is 2. The van der Waals surface area contributed by atoms with Crippen LogP contribution < -0.4 is 0 Å². The van der Waals surface area contributed by atoms with Crippen LogP contribution in [0.1, 0.15) is 16.8 Å². The number of benzene rings is 1. The molecule has 1 aromatic carbocycles. The highest BCUT2D eigenvalue weighted by Gasteiger charge is 2.33. The van der Waals surface area contributed by atoms with Gasteiger partial charge in [-0.25, -0.2) is 0 Å². The second-order valence-electron chi connectivity index (χ2n) is 5.16. The molecule has 1 aliphatic rings. The molecule has 1 atom stereocenters. The lowest BCUT2D eigenvalue weighted by molar-refractivity contribution is -0.141. The van der Waals surface area contributed by atoms with Crippen molar-refractivity contribution in [2.75, 3.05) is 13.1 Å². The van der Waals surface area contributed by atoms with Crippen LogP contribution in [0.5, 0.6) is 0 Å². The Balaban J connectivity index is 0.00000192. The molecule has 0 bridgehead atoms. The summed E-state index contributed by atoms with van der Waals surface area (Å²) in [5, 5.41) is 13.5. The van der Waals surface area contributed by atoms with E-state index in [1.165, 1.54) is 11.2 Å². The Morgan fingerprint density at radius 1 is 1.30 bits per heavy atom. The molecule has 1 fully saturated rings. The van der Waals surface area contributed by atoms with E-state index in [9.17, 15) is 9.59 Å². The van der Waals surface area contributed by atoms with Gasteiger partial charge in [-0.05, 0) is 18.6 Å². The molecule has 1 saturated heterocycles. The van der Waals surface area contributed by atoms with E-state index in [-0.39, 0.29) is 24.9 Å². The van der Waals surface area contributed by atoms with E-state index in [1.54, 1.807) is 24.3 Å². The van der Waals surface area contributed by atoms with Gasteiger partial charge in [0.05, 0.1) is 5.92 Å². The Kier molecular flexibility index (Phi) is 5.28. The average Bonchev–Trinajstić information content (AvgIpc) is 3.17. The van der Waals surface area contributed by atoms with Crippen molar-refractivity contribution in [2.45, 2.75) is 6.42 Å². The van der Waals surface area contributed by atoms with Crippen LogP contribution >= 0.6 is 24.0 Å². The highest BCUT2D eigenvalue weighted by molar-refractivity contribution is 6.30. The number of carboxylic acids is 1. The number of rotatable bonds is 3. The Morgan fingerprint density at radius 3 is 2.61 bits per heavy atom. The first-order valence-electron chi connectivity index (χ1n) is 6.78. The first-order chi connectivity index (χ1) is 10.6. The van der Waals surface area contributed by atoms with Crippen LogP contribution in [0, 0.1) is 5.92 Å². The monoisotopic (exact) mass is 356 g/mol. The van der Waals surface area contributed by atoms with E-state index in [0.29, 0.717) is 29.2 Å². The summed E-state index contributed by atoms with van der Waals surface area (Å²) in [6.07, 6.45) is 1.75. The Morgan fingerprint density at radius 2 is 2.00 bits per heavy atom. The van der Waals surface area contributed by atoms with Crippen LogP contribution in [0.4, 0.5) is 0 Å². The SMILES string of the molecule is Cl.O=C(O)C1CCN(C(=O)c2conc2-c2ccc(Cl)cc2)C1. The van der Waals surface area contributed by atoms with Gasteiger partial charge in [0.15, 0.2) is 0 Å². The van der Waals surface area contributed by atoms with Gasteiger partial charge in [0, 0.05) is 23.7 Å². The number of hydrogen-bond donors (Lipinski definition) is 1. The van der Waals surface area contributed by atoms with Crippen molar-refractivity contribution in [2.24, 2.45) is 5.92 Å². The summed E-state index contributed by atoms with van der Waals surface area (Å²) in [7, 11) is 0. The quantitative estimate of drug-likeness (QED) is 0.913. The molecule has 2 aromatic rings. The van der Waals surface area contributed by atoms with Crippen molar-refractivity contribution in [3.8, 4) is 11.3 Å². The summed E-state index contributed by atoms with van der Waals surface area (Å²) in [4.78, 5) is 25.1. The van der Waals surface area contributed by atoms with Crippen LogP contribution in [0.25, 0.3) is 11.3 Å². The molecule has 1 N–H and O–H groups in total. The molecule has 1 aliphatic heterocycles. The normalized spacial score (nSPS) is 16.9. The van der Waals surface area contributed by atoms with Crippen molar-refractivity contribution < 1.29 is 19.2 Å². The van der Waals surface area contributed by atoms with Gasteiger partial charge in [0.2, 0.25) is 0 Å². The minimum Gasteiger partial charge on any atom is -0.481 e. The fraction of sp³-hybridized carbons (Fsp3) is 0.267. The minimum atomic E-state index is -0.876. The molecule has 6 nitrogen and oxygen atoms in total. The van der Waals surface area contributed by atoms with Crippen LogP contribution in [-0.2, 0) is 4.79 Å². The Labute approximate surface area is 143 Å². The molecule has 8 heteroatoms. The fourth-order valence-corrected chi connectivity index (χ4v) is 2.65. The van der Waals surface area contributed by atoms with Gasteiger partial charge in [-0.1, -0.05) is 28.9 Å². The molecule has 0 radical (unpaired) electrons. The van der Waals surface area contributed by atoms with Crippen LogP contribution in [0.15, 0.2) is 35.1 Å². The molecule has 1 aromatic heterocycles. The predicted octanol–water partition coefficient (Wildman–Crippen LogP) is 2.96. The molecule has 122 valence electrons. The van der Waals surface area contributed by atoms with Crippen molar-refractivity contribution in [3.05, 3.63) is 41.1 Å². The maximum Gasteiger partial charge on any atom is 0.308 e. The summed E-state index contributed by atoms with van der Waals surface area (Å²) in [6.45, 7) is 0.625. The molecule has 0 aliphatic carbocycles. The highest BCUT2D eigenvalue weighted by atomic mass is 35.5. The van der Waals surface area contributed by atoms with Crippen LogP contribution in [-0.4, -0.2) is 40.1 Å². The van der Waals surface area contributed by atoms with Crippen LogP contribution in [0.2, 0.25) is 5.02 Å². The summed E-state index contributed by atoms with van der Waals surface area (Å²) in [6, 6.07) is 6.91. The van der Waals surface area contributed by atoms with E-state index < -0.39 is 11.9 Å². The zero-order valence-corrected chi connectivity index (χ0v) is 13.5. The lowest BCUT2D eigenvalue weighted by Crippen LogP contribution is -2.30. The lowest BCUT2D eigenvalue weighted by atomic mass is 10.1. The number of aromatic nitrogens is 1. The van der Waals surface area contributed by atoms with Gasteiger partial charge in [-0.3, -0.25) is 9.59 Å². The second-order valence-corrected chi connectivity index (χ2v) is 5.60. The second kappa shape index (κ2) is 7.02. The average molecular weight is 357 g/mol. The number of carbonyl (C=O) groups is 2. The number of likely N-dealkylation sites (tertiary alicyclic amines) is 1. The van der Waals surface area contributed by atoms with Gasteiger partial charge in [-0.15, -0.1) is 12.4 Å². The van der Waals surface area contributed by atoms with E-state index in [2.05, 4.69) is 5.16 Å². The molecular weight excluding hydrogens is 343 g/mol. The van der Waals surface area contributed by atoms with Crippen molar-refractivity contribution in [1.29, 1.82) is 0 Å². The standard InChI is InChI=1S/C15H13ClN2O4.ClH/c16-11-3-1-9(2-4-11)13-12(8-22-17-13)14(19)18-6-5-10(7-18)15(20)21;/h1-4,8,10H,5-7H2,(H,20,21);1H. The minimum absolute atomic E-state index is 0. The first kappa shape index (κ1) is 17.3. The zero-order valence-electron chi connectivity index (χ0n) is 11.9. The summed E-state index contributed by atoms with van der Waals surface area (Å²) in [5.74, 6) is -1.66. The highest BCUT2D eigenvalue weighted by Crippen LogP contribution is 2.27. The fourth-order valence-electron chi connectivity index (χ4n) is 2.52. The Hall–Kier alpha value is -2.05. The molecule has 0 saturated carbocycles. The van der Waals surface area contributed by atoms with E-state index in [4.69, 9.17) is 21.2 Å². The topological polar surface area (TPSA) is 83.6 Å². The number of amides is 1. The number of carbonyl (C=O) groups excluding carboxylic acids is 1. The van der Waals surface area contributed by atoms with E-state index >= 15 is 0 Å². The Bertz CT molecular complexity index is 715. The molecule has 23 heavy (non-hydrogen) atoms. The van der Waals surface area contributed by atoms with Crippen molar-refractivity contribution >= 4 is 35.9 Å². The smallest absolute Gasteiger partial charge is 0.308 e. The third-order valence-electron chi connectivity index (χ3n) is 3.74. The van der Waals surface area contributed by atoms with Gasteiger partial charge in [-0.2, -0.15) is 0 Å². The van der Waals surface area contributed by atoms with Crippen molar-refractivity contribution in [1.82, 2.24) is 10.1 Å². The van der Waals surface area contributed by atoms with Crippen molar-refractivity contribution in [3.63, 3.8) is 0 Å². The molecule has 1 amide bonds. The molecule has 2 heterocycles. The maximum atomic E-state index is 12.5. The largest absolute Gasteiger partial charge is 0.481 e. The first-order valence-corrected chi connectivity index (χ1v) is 7.16. The maximum absolute atomic E-state index is 12.5. The van der Waals surface area contributed by atoms with Crippen LogP contribution in [0.3, 0.4) is 0 Å². The summed E-state index contributed by atoms with van der Waals surface area (Å²) in [5.41, 5.74) is 1.48. The number of nitrogens with zero attached hydrogens (tertiary/aromatic N) is 2. The van der Waals surface area contributed by atoms with Gasteiger partial charge in [0.25, 0.3) is 5.91 Å². The number of hydrogen-bond acceptors (Lipinski definition) is 4. The van der Waals surface area contributed by atoms with Gasteiger partial charge in [0.1, 0.15) is 17.5 Å². The number of carboxylic acid groups (broad SMARTS) is 1. The molecule has 3 rings (SSSR count).